The molecule has 0 saturated heterocycles. The van der Waals surface area contributed by atoms with Crippen LogP contribution in [0.4, 0.5) is 0 Å². The average molecular weight is 157 g/mol. The molecule has 0 saturated carbocycles. The van der Waals surface area contributed by atoms with E-state index in [2.05, 4.69) is 11.9 Å². The van der Waals surface area contributed by atoms with Gasteiger partial charge < -0.3 is 5.32 Å². The van der Waals surface area contributed by atoms with Crippen LogP contribution in [0.25, 0.3) is 0 Å². The minimum absolute atomic E-state index is 0.0848. The standard InChI is InChI=1S/C7H11NOS/c1-3-4-8-7(10)5-6(2)9/h3H,1,4-5H2,2H3,(H,8,10). The zero-order valence-electron chi connectivity index (χ0n) is 6.02. The van der Waals surface area contributed by atoms with Crippen LogP contribution in [-0.2, 0) is 4.79 Å². The molecule has 0 spiro atoms. The number of hydrogen-bond donors (Lipinski definition) is 1. The number of carbonyl (C=O) groups is 1. The summed E-state index contributed by atoms with van der Waals surface area (Å²) in [6, 6.07) is 0. The van der Waals surface area contributed by atoms with Crippen molar-refractivity contribution in [3.63, 3.8) is 0 Å². The highest BCUT2D eigenvalue weighted by Crippen LogP contribution is 1.83. The quantitative estimate of drug-likeness (QED) is 0.489. The lowest BCUT2D eigenvalue weighted by molar-refractivity contribution is -0.115. The van der Waals surface area contributed by atoms with Gasteiger partial charge in [-0.05, 0) is 6.92 Å². The predicted molar refractivity (Wildman–Crippen MR) is 46.1 cm³/mol. The van der Waals surface area contributed by atoms with Crippen LogP contribution in [0.1, 0.15) is 13.3 Å². The molecule has 0 atom stereocenters. The van der Waals surface area contributed by atoms with Crippen LogP contribution in [-0.4, -0.2) is 17.3 Å². The zero-order valence-corrected chi connectivity index (χ0v) is 6.83. The van der Waals surface area contributed by atoms with Crippen LogP contribution in [0.3, 0.4) is 0 Å². The van der Waals surface area contributed by atoms with Crippen molar-refractivity contribution in [1.82, 2.24) is 5.32 Å². The highest BCUT2D eigenvalue weighted by molar-refractivity contribution is 7.80. The van der Waals surface area contributed by atoms with Gasteiger partial charge in [-0.2, -0.15) is 0 Å². The van der Waals surface area contributed by atoms with Crippen molar-refractivity contribution in [2.24, 2.45) is 0 Å². The number of carbonyl (C=O) groups excluding carboxylic acids is 1. The molecule has 0 aliphatic carbocycles. The van der Waals surface area contributed by atoms with Crippen LogP contribution in [0.5, 0.6) is 0 Å². The molecule has 0 heterocycles. The molecule has 2 nitrogen and oxygen atoms in total. The number of thiocarbonyl (C=S) groups is 1. The SMILES string of the molecule is C=CCNC(=S)CC(C)=O. The predicted octanol–water partition coefficient (Wildman–Crippen LogP) is 1.07. The Labute approximate surface area is 66.3 Å². The molecule has 0 fully saturated rings. The number of rotatable bonds is 4. The van der Waals surface area contributed by atoms with Crippen LogP contribution in [0.2, 0.25) is 0 Å². The maximum absolute atomic E-state index is 10.5. The van der Waals surface area contributed by atoms with E-state index in [1.54, 1.807) is 6.08 Å². The molecule has 10 heavy (non-hydrogen) atoms. The molecular formula is C7H11NOS. The first-order valence-electron chi connectivity index (χ1n) is 3.04. The van der Waals surface area contributed by atoms with Gasteiger partial charge in [-0.3, -0.25) is 4.79 Å². The average Bonchev–Trinajstić information content (AvgIpc) is 1.82. The molecule has 0 rings (SSSR count). The van der Waals surface area contributed by atoms with E-state index < -0.39 is 0 Å². The molecule has 0 aromatic rings. The summed E-state index contributed by atoms with van der Waals surface area (Å²) in [5.74, 6) is 0.0848. The number of ketones is 1. The first kappa shape index (κ1) is 9.30. The van der Waals surface area contributed by atoms with E-state index in [1.807, 2.05) is 0 Å². The number of Topliss-reactive ketones (excluding diaryl/α,β-unsaturated/α-hetero) is 1. The molecule has 0 aromatic heterocycles. The third-order valence-electron chi connectivity index (χ3n) is 0.853. The molecule has 0 bridgehead atoms. The summed E-state index contributed by atoms with van der Waals surface area (Å²) in [5.41, 5.74) is 0. The second kappa shape index (κ2) is 5.11. The minimum atomic E-state index is 0.0848. The van der Waals surface area contributed by atoms with Crippen molar-refractivity contribution >= 4 is 23.0 Å². The van der Waals surface area contributed by atoms with E-state index in [0.29, 0.717) is 18.0 Å². The van der Waals surface area contributed by atoms with Crippen LogP contribution in [0, 0.1) is 0 Å². The molecule has 0 amide bonds. The van der Waals surface area contributed by atoms with Crippen molar-refractivity contribution < 1.29 is 4.79 Å². The lowest BCUT2D eigenvalue weighted by Crippen LogP contribution is -2.22. The maximum Gasteiger partial charge on any atom is 0.136 e. The topological polar surface area (TPSA) is 29.1 Å². The van der Waals surface area contributed by atoms with Gasteiger partial charge in [0.2, 0.25) is 0 Å². The van der Waals surface area contributed by atoms with Gasteiger partial charge in [0.15, 0.2) is 0 Å². The summed E-state index contributed by atoms with van der Waals surface area (Å²) >= 11 is 4.82. The van der Waals surface area contributed by atoms with Gasteiger partial charge in [0.1, 0.15) is 5.78 Å². The lowest BCUT2D eigenvalue weighted by Gasteiger charge is -2.00. The molecule has 3 heteroatoms. The Morgan fingerprint density at radius 2 is 2.40 bits per heavy atom. The third kappa shape index (κ3) is 5.44. The Balaban J connectivity index is 3.43. The molecule has 0 aliphatic heterocycles. The lowest BCUT2D eigenvalue weighted by atomic mass is 10.3. The van der Waals surface area contributed by atoms with Gasteiger partial charge in [0.05, 0.1) is 11.4 Å². The molecule has 1 N–H and O–H groups in total. The summed E-state index contributed by atoms with van der Waals surface area (Å²) in [4.78, 5) is 11.1. The summed E-state index contributed by atoms with van der Waals surface area (Å²) in [7, 11) is 0. The van der Waals surface area contributed by atoms with Crippen LogP contribution < -0.4 is 5.32 Å². The Hall–Kier alpha value is -0.700. The summed E-state index contributed by atoms with van der Waals surface area (Å²) in [5, 5.41) is 2.86. The molecule has 0 unspecified atom stereocenters. The smallest absolute Gasteiger partial charge is 0.136 e. The van der Waals surface area contributed by atoms with Gasteiger partial charge in [-0.15, -0.1) is 6.58 Å². The van der Waals surface area contributed by atoms with Crippen molar-refractivity contribution in [2.75, 3.05) is 6.54 Å². The first-order chi connectivity index (χ1) is 4.66. The van der Waals surface area contributed by atoms with Gasteiger partial charge in [-0.25, -0.2) is 0 Å². The van der Waals surface area contributed by atoms with Gasteiger partial charge in [-0.1, -0.05) is 18.3 Å². The Bertz CT molecular complexity index is 154. The molecule has 0 aromatic carbocycles. The summed E-state index contributed by atoms with van der Waals surface area (Å²) in [6.07, 6.45) is 2.04. The zero-order chi connectivity index (χ0) is 7.98. The summed E-state index contributed by atoms with van der Waals surface area (Å²) < 4.78 is 0. The maximum atomic E-state index is 10.5. The Morgan fingerprint density at radius 1 is 1.80 bits per heavy atom. The fourth-order valence-electron chi connectivity index (χ4n) is 0.475. The molecular weight excluding hydrogens is 146 g/mol. The van der Waals surface area contributed by atoms with E-state index in [1.165, 1.54) is 6.92 Å². The highest BCUT2D eigenvalue weighted by atomic mass is 32.1. The molecule has 0 radical (unpaired) electrons. The third-order valence-corrected chi connectivity index (χ3v) is 1.14. The van der Waals surface area contributed by atoms with Crippen molar-refractivity contribution in [1.29, 1.82) is 0 Å². The number of hydrogen-bond acceptors (Lipinski definition) is 2. The van der Waals surface area contributed by atoms with Crippen molar-refractivity contribution in [3.8, 4) is 0 Å². The molecule has 56 valence electrons. The van der Waals surface area contributed by atoms with Gasteiger partial charge >= 0.3 is 0 Å². The monoisotopic (exact) mass is 157 g/mol. The van der Waals surface area contributed by atoms with Gasteiger partial charge in [0.25, 0.3) is 0 Å². The van der Waals surface area contributed by atoms with Crippen molar-refractivity contribution in [2.45, 2.75) is 13.3 Å². The molecule has 0 aliphatic rings. The fraction of sp³-hybridized carbons (Fsp3) is 0.429. The van der Waals surface area contributed by atoms with E-state index in [4.69, 9.17) is 12.2 Å². The van der Waals surface area contributed by atoms with Crippen molar-refractivity contribution in [3.05, 3.63) is 12.7 Å². The second-order valence-electron chi connectivity index (χ2n) is 1.97. The largest absolute Gasteiger partial charge is 0.376 e. The van der Waals surface area contributed by atoms with E-state index >= 15 is 0 Å². The fourth-order valence-corrected chi connectivity index (χ4v) is 0.761. The number of nitrogens with one attached hydrogen (secondary N) is 1. The normalized spacial score (nSPS) is 8.50. The van der Waals surface area contributed by atoms with Gasteiger partial charge in [0, 0.05) is 6.54 Å². The van der Waals surface area contributed by atoms with E-state index in [-0.39, 0.29) is 5.78 Å². The Morgan fingerprint density at radius 3 is 2.80 bits per heavy atom. The summed E-state index contributed by atoms with van der Waals surface area (Å²) in [6.45, 7) is 5.65. The second-order valence-corrected chi connectivity index (χ2v) is 2.46. The minimum Gasteiger partial charge on any atom is -0.376 e. The van der Waals surface area contributed by atoms with E-state index in [9.17, 15) is 4.79 Å². The van der Waals surface area contributed by atoms with Crippen LogP contribution in [0.15, 0.2) is 12.7 Å². The van der Waals surface area contributed by atoms with E-state index in [0.717, 1.165) is 0 Å². The highest BCUT2D eigenvalue weighted by Gasteiger charge is 1.97. The van der Waals surface area contributed by atoms with Crippen LogP contribution >= 0.6 is 12.2 Å². The first-order valence-corrected chi connectivity index (χ1v) is 3.44. The Kier molecular flexibility index (Phi) is 4.76.